The Morgan fingerprint density at radius 2 is 2.11 bits per heavy atom. The largest absolute Gasteiger partial charge is 0.489 e. The highest BCUT2D eigenvalue weighted by molar-refractivity contribution is 5.61. The van der Waals surface area contributed by atoms with Crippen LogP contribution in [0.25, 0.3) is 0 Å². The van der Waals surface area contributed by atoms with Gasteiger partial charge in [-0.3, -0.25) is 0 Å². The van der Waals surface area contributed by atoms with Crippen LogP contribution in [0.4, 0.5) is 11.4 Å². The maximum absolute atomic E-state index is 9.66. The number of rotatable bonds is 7. The topological polar surface area (TPSA) is 67.5 Å². The quantitative estimate of drug-likeness (QED) is 0.653. The van der Waals surface area contributed by atoms with Crippen molar-refractivity contribution in [2.24, 2.45) is 0 Å². The first kappa shape index (κ1) is 14.6. The molecule has 4 heteroatoms. The summed E-state index contributed by atoms with van der Waals surface area (Å²) in [6.07, 6.45) is 1.55. The highest BCUT2D eigenvalue weighted by Crippen LogP contribution is 2.26. The molecule has 0 aliphatic rings. The van der Waals surface area contributed by atoms with Crippen LogP contribution >= 0.6 is 0 Å². The van der Waals surface area contributed by atoms with Gasteiger partial charge in [-0.2, -0.15) is 0 Å². The first-order valence-electron chi connectivity index (χ1n) is 6.51. The molecule has 1 atom stereocenters. The summed E-state index contributed by atoms with van der Waals surface area (Å²) >= 11 is 0. The molecule has 0 heterocycles. The van der Waals surface area contributed by atoms with Crippen molar-refractivity contribution >= 4 is 11.4 Å². The summed E-state index contributed by atoms with van der Waals surface area (Å²) in [5.74, 6) is 0.681. The van der Waals surface area contributed by atoms with Crippen LogP contribution in [-0.4, -0.2) is 23.9 Å². The number of nitrogen functional groups attached to an aromatic ring is 1. The minimum absolute atomic E-state index is 0.0910. The minimum Gasteiger partial charge on any atom is -0.489 e. The van der Waals surface area contributed by atoms with Gasteiger partial charge in [-0.15, -0.1) is 0 Å². The highest BCUT2D eigenvalue weighted by atomic mass is 16.5. The zero-order chi connectivity index (χ0) is 13.5. The lowest BCUT2D eigenvalue weighted by molar-refractivity contribution is 0.176. The normalized spacial score (nSPS) is 12.5. The number of nitrogens with two attached hydrogens (primary N) is 1. The van der Waals surface area contributed by atoms with Crippen LogP contribution in [0, 0.1) is 0 Å². The second-order valence-corrected chi connectivity index (χ2v) is 4.74. The Kier molecular flexibility index (Phi) is 5.78. The molecule has 0 aromatic heterocycles. The summed E-state index contributed by atoms with van der Waals surface area (Å²) in [7, 11) is 0. The zero-order valence-electron chi connectivity index (χ0n) is 11.4. The van der Waals surface area contributed by atoms with E-state index in [1.165, 1.54) is 0 Å². The molecule has 4 nitrogen and oxygen atoms in total. The standard InChI is InChI=1S/C14H24N2O2/c1-4-5-12(17)9-16-11-6-7-13(15)14(8-11)18-10(2)3/h6-8,10,12,16-17H,4-5,9,15H2,1-3H3. The third-order valence-electron chi connectivity index (χ3n) is 2.54. The molecule has 1 aromatic carbocycles. The Bertz CT molecular complexity index is 367. The SMILES string of the molecule is CCCC(O)CNc1ccc(N)c(OC(C)C)c1. The van der Waals surface area contributed by atoms with E-state index in [0.29, 0.717) is 18.0 Å². The number of anilines is 2. The fourth-order valence-corrected chi connectivity index (χ4v) is 1.67. The molecule has 0 spiro atoms. The van der Waals surface area contributed by atoms with Gasteiger partial charge in [-0.05, 0) is 32.4 Å². The number of hydrogen-bond acceptors (Lipinski definition) is 4. The lowest BCUT2D eigenvalue weighted by Gasteiger charge is -2.15. The number of aliphatic hydroxyl groups is 1. The lowest BCUT2D eigenvalue weighted by atomic mass is 10.2. The molecule has 0 amide bonds. The fraction of sp³-hybridized carbons (Fsp3) is 0.571. The van der Waals surface area contributed by atoms with E-state index in [-0.39, 0.29) is 12.2 Å². The van der Waals surface area contributed by atoms with Crippen molar-refractivity contribution in [1.29, 1.82) is 0 Å². The summed E-state index contributed by atoms with van der Waals surface area (Å²) in [5.41, 5.74) is 7.38. The van der Waals surface area contributed by atoms with Crippen molar-refractivity contribution in [3.63, 3.8) is 0 Å². The van der Waals surface area contributed by atoms with Gasteiger partial charge >= 0.3 is 0 Å². The monoisotopic (exact) mass is 252 g/mol. The Labute approximate surface area is 109 Å². The van der Waals surface area contributed by atoms with E-state index in [1.54, 1.807) is 0 Å². The van der Waals surface area contributed by atoms with Crippen molar-refractivity contribution in [3.05, 3.63) is 18.2 Å². The first-order valence-corrected chi connectivity index (χ1v) is 6.51. The summed E-state index contributed by atoms with van der Waals surface area (Å²) in [5, 5.41) is 12.8. The van der Waals surface area contributed by atoms with E-state index in [1.807, 2.05) is 32.0 Å². The van der Waals surface area contributed by atoms with Crippen LogP contribution in [0.15, 0.2) is 18.2 Å². The van der Waals surface area contributed by atoms with Gasteiger partial charge in [0.2, 0.25) is 0 Å². The van der Waals surface area contributed by atoms with Gasteiger partial charge in [0.25, 0.3) is 0 Å². The highest BCUT2D eigenvalue weighted by Gasteiger charge is 2.06. The van der Waals surface area contributed by atoms with E-state index in [4.69, 9.17) is 10.5 Å². The summed E-state index contributed by atoms with van der Waals surface area (Å²) in [4.78, 5) is 0. The van der Waals surface area contributed by atoms with Gasteiger partial charge in [-0.1, -0.05) is 13.3 Å². The number of nitrogens with one attached hydrogen (secondary N) is 1. The van der Waals surface area contributed by atoms with Crippen LogP contribution < -0.4 is 15.8 Å². The van der Waals surface area contributed by atoms with Crippen molar-refractivity contribution in [2.75, 3.05) is 17.6 Å². The molecule has 4 N–H and O–H groups in total. The van der Waals surface area contributed by atoms with Gasteiger partial charge in [0.05, 0.1) is 17.9 Å². The predicted octanol–water partition coefficient (Wildman–Crippen LogP) is 2.63. The minimum atomic E-state index is -0.318. The van der Waals surface area contributed by atoms with Crippen molar-refractivity contribution in [2.45, 2.75) is 45.8 Å². The smallest absolute Gasteiger partial charge is 0.144 e. The Balaban J connectivity index is 2.61. The Hall–Kier alpha value is -1.42. The van der Waals surface area contributed by atoms with Crippen LogP contribution in [0.5, 0.6) is 5.75 Å². The second-order valence-electron chi connectivity index (χ2n) is 4.74. The molecule has 1 unspecified atom stereocenters. The van der Waals surface area contributed by atoms with E-state index in [2.05, 4.69) is 12.2 Å². The van der Waals surface area contributed by atoms with Crippen LogP contribution in [0.1, 0.15) is 33.6 Å². The van der Waals surface area contributed by atoms with Crippen molar-refractivity contribution < 1.29 is 9.84 Å². The van der Waals surface area contributed by atoms with E-state index >= 15 is 0 Å². The van der Waals surface area contributed by atoms with Gasteiger partial charge < -0.3 is 20.9 Å². The maximum Gasteiger partial charge on any atom is 0.144 e. The van der Waals surface area contributed by atoms with Crippen molar-refractivity contribution in [1.82, 2.24) is 0 Å². The maximum atomic E-state index is 9.66. The van der Waals surface area contributed by atoms with E-state index < -0.39 is 0 Å². The van der Waals surface area contributed by atoms with Crippen LogP contribution in [0.3, 0.4) is 0 Å². The molecule has 0 fully saturated rings. The molecule has 102 valence electrons. The lowest BCUT2D eigenvalue weighted by Crippen LogP contribution is -2.19. The molecular weight excluding hydrogens is 228 g/mol. The van der Waals surface area contributed by atoms with Gasteiger partial charge in [0, 0.05) is 18.3 Å². The summed E-state index contributed by atoms with van der Waals surface area (Å²) in [6.45, 7) is 6.52. The Morgan fingerprint density at radius 1 is 1.39 bits per heavy atom. The van der Waals surface area contributed by atoms with E-state index in [0.717, 1.165) is 18.5 Å². The third kappa shape index (κ3) is 4.84. The summed E-state index contributed by atoms with van der Waals surface area (Å²) in [6, 6.07) is 5.57. The van der Waals surface area contributed by atoms with Gasteiger partial charge in [-0.25, -0.2) is 0 Å². The molecule has 0 aliphatic heterocycles. The summed E-state index contributed by atoms with van der Waals surface area (Å²) < 4.78 is 5.61. The number of benzene rings is 1. The number of aliphatic hydroxyl groups excluding tert-OH is 1. The molecule has 0 saturated carbocycles. The van der Waals surface area contributed by atoms with Crippen LogP contribution in [0.2, 0.25) is 0 Å². The molecule has 1 rings (SSSR count). The predicted molar refractivity (Wildman–Crippen MR) is 76.0 cm³/mol. The number of ether oxygens (including phenoxy) is 1. The van der Waals surface area contributed by atoms with Crippen LogP contribution in [-0.2, 0) is 0 Å². The fourth-order valence-electron chi connectivity index (χ4n) is 1.67. The average molecular weight is 252 g/mol. The molecule has 0 aliphatic carbocycles. The average Bonchev–Trinajstić information content (AvgIpc) is 2.30. The molecule has 0 saturated heterocycles. The van der Waals surface area contributed by atoms with E-state index in [9.17, 15) is 5.11 Å². The zero-order valence-corrected chi connectivity index (χ0v) is 11.4. The van der Waals surface area contributed by atoms with Crippen molar-refractivity contribution in [3.8, 4) is 5.75 Å². The molecule has 18 heavy (non-hydrogen) atoms. The third-order valence-corrected chi connectivity index (χ3v) is 2.54. The Morgan fingerprint density at radius 3 is 2.72 bits per heavy atom. The van der Waals surface area contributed by atoms with Gasteiger partial charge in [0.15, 0.2) is 0 Å². The molecule has 1 aromatic rings. The van der Waals surface area contributed by atoms with Gasteiger partial charge in [0.1, 0.15) is 5.75 Å². The molecular formula is C14H24N2O2. The number of hydrogen-bond donors (Lipinski definition) is 3. The first-order chi connectivity index (χ1) is 8.52. The molecule has 0 bridgehead atoms. The molecule has 0 radical (unpaired) electrons. The second kappa shape index (κ2) is 7.11.